The lowest BCUT2D eigenvalue weighted by atomic mass is 10.0. The summed E-state index contributed by atoms with van der Waals surface area (Å²) >= 11 is 0. The highest BCUT2D eigenvalue weighted by molar-refractivity contribution is 6.36. The van der Waals surface area contributed by atoms with Crippen LogP contribution in [0.5, 0.6) is 5.75 Å². The van der Waals surface area contributed by atoms with E-state index in [4.69, 9.17) is 4.74 Å². The summed E-state index contributed by atoms with van der Waals surface area (Å²) in [6.07, 6.45) is 0. The van der Waals surface area contributed by atoms with Crippen molar-refractivity contribution >= 4 is 17.5 Å². The lowest BCUT2D eigenvalue weighted by Gasteiger charge is -2.03. The number of hydrogen-bond donors (Lipinski definition) is 0. The Hall–Kier alpha value is -2.95. The predicted molar refractivity (Wildman–Crippen MR) is 90.5 cm³/mol. The lowest BCUT2D eigenvalue weighted by molar-refractivity contribution is -0.152. The molecule has 1 fully saturated rings. The highest BCUT2D eigenvalue weighted by Gasteiger charge is 2.60. The zero-order valence-electron chi connectivity index (χ0n) is 14.0. The molecule has 0 heterocycles. The molecule has 2 aromatic carbocycles. The third-order valence-electron chi connectivity index (χ3n) is 4.57. The van der Waals surface area contributed by atoms with Gasteiger partial charge in [0.2, 0.25) is 5.78 Å². The molecular weight excluding hydrogens is 320 g/mol. The van der Waals surface area contributed by atoms with Crippen LogP contribution in [0.2, 0.25) is 0 Å². The average Bonchev–Trinajstić information content (AvgIpc) is 3.42. The lowest BCUT2D eigenvalue weighted by Crippen LogP contribution is -2.20. The summed E-state index contributed by atoms with van der Waals surface area (Å²) in [4.78, 5) is 36.8. The van der Waals surface area contributed by atoms with Crippen molar-refractivity contribution < 1.29 is 23.9 Å². The van der Waals surface area contributed by atoms with E-state index in [1.807, 2.05) is 18.2 Å². The Morgan fingerprint density at radius 2 is 1.48 bits per heavy atom. The molecule has 0 saturated heterocycles. The molecular formula is C20H18O5. The van der Waals surface area contributed by atoms with E-state index in [2.05, 4.69) is 4.74 Å². The van der Waals surface area contributed by atoms with Gasteiger partial charge in [-0.05, 0) is 17.7 Å². The highest BCUT2D eigenvalue weighted by atomic mass is 16.5. The molecule has 0 spiro atoms. The molecule has 0 radical (unpaired) electrons. The van der Waals surface area contributed by atoms with E-state index in [0.717, 1.165) is 5.56 Å². The Labute approximate surface area is 145 Å². The van der Waals surface area contributed by atoms with Crippen molar-refractivity contribution in [1.29, 1.82) is 0 Å². The van der Waals surface area contributed by atoms with Gasteiger partial charge in [-0.25, -0.2) is 4.79 Å². The van der Waals surface area contributed by atoms with E-state index in [1.165, 1.54) is 7.11 Å². The summed E-state index contributed by atoms with van der Waals surface area (Å²) in [6, 6.07) is 16.0. The van der Waals surface area contributed by atoms with Crippen molar-refractivity contribution in [2.45, 2.75) is 5.92 Å². The van der Waals surface area contributed by atoms with Crippen molar-refractivity contribution in [3.63, 3.8) is 0 Å². The van der Waals surface area contributed by atoms with Gasteiger partial charge in [-0.1, -0.05) is 42.5 Å². The Morgan fingerprint density at radius 1 is 0.840 bits per heavy atom. The van der Waals surface area contributed by atoms with Gasteiger partial charge in [-0.2, -0.15) is 0 Å². The quantitative estimate of drug-likeness (QED) is 0.460. The molecule has 0 aromatic heterocycles. The molecule has 3 atom stereocenters. The SMILES string of the molecule is COC(=O)C(=O)[C@@H]1[C@H](C(=O)c2ccccc2)[C@H]1c1ccc(OC)cc1. The van der Waals surface area contributed by atoms with E-state index >= 15 is 0 Å². The van der Waals surface area contributed by atoms with Crippen molar-refractivity contribution in [3.8, 4) is 5.75 Å². The van der Waals surface area contributed by atoms with Crippen LogP contribution in [-0.2, 0) is 14.3 Å². The fourth-order valence-electron chi connectivity index (χ4n) is 3.24. The number of benzene rings is 2. The van der Waals surface area contributed by atoms with Gasteiger partial charge in [-0.15, -0.1) is 0 Å². The zero-order chi connectivity index (χ0) is 18.0. The van der Waals surface area contributed by atoms with Gasteiger partial charge >= 0.3 is 5.97 Å². The molecule has 1 aliphatic carbocycles. The van der Waals surface area contributed by atoms with Crippen LogP contribution in [0.25, 0.3) is 0 Å². The first kappa shape index (κ1) is 16.9. The van der Waals surface area contributed by atoms with E-state index in [-0.39, 0.29) is 11.7 Å². The molecule has 0 amide bonds. The van der Waals surface area contributed by atoms with Crippen LogP contribution in [0.1, 0.15) is 21.8 Å². The summed E-state index contributed by atoms with van der Waals surface area (Å²) < 4.78 is 9.68. The number of rotatable bonds is 6. The Balaban J connectivity index is 1.91. The monoisotopic (exact) mass is 338 g/mol. The molecule has 5 heteroatoms. The van der Waals surface area contributed by atoms with Gasteiger partial charge in [0.1, 0.15) is 5.75 Å². The first-order valence-electron chi connectivity index (χ1n) is 7.94. The third kappa shape index (κ3) is 3.18. The van der Waals surface area contributed by atoms with Gasteiger partial charge in [0.15, 0.2) is 5.78 Å². The van der Waals surface area contributed by atoms with Crippen LogP contribution < -0.4 is 4.74 Å². The second-order valence-corrected chi connectivity index (χ2v) is 5.94. The van der Waals surface area contributed by atoms with Crippen molar-refractivity contribution in [3.05, 3.63) is 65.7 Å². The molecule has 0 unspecified atom stereocenters. The minimum atomic E-state index is -0.910. The maximum atomic E-state index is 12.8. The minimum Gasteiger partial charge on any atom is -0.497 e. The fraction of sp³-hybridized carbons (Fsp3) is 0.250. The first-order valence-corrected chi connectivity index (χ1v) is 7.94. The molecule has 3 rings (SSSR count). The standard InChI is InChI=1S/C20H18O5/c1-24-14-10-8-12(9-11-14)15-16(17(15)19(22)20(23)25-2)18(21)13-6-4-3-5-7-13/h3-11,15-17H,1-2H3/t15-,16-,17+/m1/s1. The maximum absolute atomic E-state index is 12.8. The third-order valence-corrected chi connectivity index (χ3v) is 4.57. The van der Waals surface area contributed by atoms with E-state index < -0.39 is 23.6 Å². The van der Waals surface area contributed by atoms with Crippen LogP contribution >= 0.6 is 0 Å². The normalized spacial score (nSPS) is 21.3. The maximum Gasteiger partial charge on any atom is 0.374 e. The number of carbonyl (C=O) groups excluding carboxylic acids is 3. The van der Waals surface area contributed by atoms with Crippen molar-refractivity contribution in [2.24, 2.45) is 11.8 Å². The second kappa shape index (κ2) is 6.89. The van der Waals surface area contributed by atoms with Crippen molar-refractivity contribution in [1.82, 2.24) is 0 Å². The Bertz CT molecular complexity index is 795. The van der Waals surface area contributed by atoms with Gasteiger partial charge < -0.3 is 9.47 Å². The van der Waals surface area contributed by atoms with Crippen LogP contribution in [-0.4, -0.2) is 31.8 Å². The Kier molecular flexibility index (Phi) is 4.65. The van der Waals surface area contributed by atoms with Crippen molar-refractivity contribution in [2.75, 3.05) is 14.2 Å². The van der Waals surface area contributed by atoms with Gasteiger partial charge in [0.05, 0.1) is 14.2 Å². The van der Waals surface area contributed by atoms with E-state index in [9.17, 15) is 14.4 Å². The number of ether oxygens (including phenoxy) is 2. The van der Waals surface area contributed by atoms with E-state index in [1.54, 1.807) is 43.5 Å². The molecule has 25 heavy (non-hydrogen) atoms. The number of ketones is 2. The zero-order valence-corrected chi connectivity index (χ0v) is 14.0. The van der Waals surface area contributed by atoms with Crippen LogP contribution in [0.4, 0.5) is 0 Å². The largest absolute Gasteiger partial charge is 0.497 e. The molecule has 2 aromatic rings. The molecule has 0 N–H and O–H groups in total. The van der Waals surface area contributed by atoms with Crippen LogP contribution in [0.3, 0.4) is 0 Å². The average molecular weight is 338 g/mol. The van der Waals surface area contributed by atoms with Gasteiger partial charge in [0.25, 0.3) is 0 Å². The number of carbonyl (C=O) groups is 3. The predicted octanol–water partition coefficient (Wildman–Crippen LogP) is 2.65. The summed E-state index contributed by atoms with van der Waals surface area (Å²) in [5, 5.41) is 0. The highest BCUT2D eigenvalue weighted by Crippen LogP contribution is 2.56. The molecule has 128 valence electrons. The number of esters is 1. The summed E-state index contributed by atoms with van der Waals surface area (Å²) in [5.41, 5.74) is 1.36. The van der Waals surface area contributed by atoms with Gasteiger partial charge in [-0.3, -0.25) is 9.59 Å². The number of hydrogen-bond acceptors (Lipinski definition) is 5. The smallest absolute Gasteiger partial charge is 0.374 e. The summed E-state index contributed by atoms with van der Waals surface area (Å²) in [7, 11) is 2.73. The second-order valence-electron chi connectivity index (χ2n) is 5.94. The molecule has 0 bridgehead atoms. The number of Topliss-reactive ketones (excluding diaryl/α,β-unsaturated/α-hetero) is 2. The minimum absolute atomic E-state index is 0.135. The molecule has 5 nitrogen and oxygen atoms in total. The van der Waals surface area contributed by atoms with Crippen LogP contribution in [0.15, 0.2) is 54.6 Å². The van der Waals surface area contributed by atoms with E-state index in [0.29, 0.717) is 11.3 Å². The number of methoxy groups -OCH3 is 2. The first-order chi connectivity index (χ1) is 12.1. The summed E-state index contributed by atoms with van der Waals surface area (Å²) in [5.74, 6) is -2.58. The topological polar surface area (TPSA) is 69.7 Å². The van der Waals surface area contributed by atoms with Gasteiger partial charge in [0, 0.05) is 23.3 Å². The Morgan fingerprint density at radius 3 is 2.04 bits per heavy atom. The van der Waals surface area contributed by atoms with Crippen LogP contribution in [0, 0.1) is 11.8 Å². The molecule has 0 aliphatic heterocycles. The molecule has 1 aliphatic rings. The summed E-state index contributed by atoms with van der Waals surface area (Å²) in [6.45, 7) is 0. The molecule has 1 saturated carbocycles. The fourth-order valence-corrected chi connectivity index (χ4v) is 3.24.